The zero-order chi connectivity index (χ0) is 12.1. The van der Waals surface area contributed by atoms with E-state index in [0.717, 1.165) is 0 Å². The highest BCUT2D eigenvalue weighted by atomic mass is 35.5. The maximum atomic E-state index is 11.3. The number of halogens is 1. The molecule has 1 amide bonds. The highest BCUT2D eigenvalue weighted by molar-refractivity contribution is 6.29. The van der Waals surface area contributed by atoms with Gasteiger partial charge in [-0.05, 0) is 19.1 Å². The highest BCUT2D eigenvalue weighted by Crippen LogP contribution is 2.23. The number of anilines is 1. The fourth-order valence-electron chi connectivity index (χ4n) is 1.24. The zero-order valence-corrected chi connectivity index (χ0v) is 9.80. The van der Waals surface area contributed by atoms with Crippen molar-refractivity contribution in [1.29, 1.82) is 0 Å². The lowest BCUT2D eigenvalue weighted by Gasteiger charge is -2.09. The van der Waals surface area contributed by atoms with Crippen molar-refractivity contribution < 1.29 is 14.3 Å². The number of nitrogens with one attached hydrogen (secondary N) is 1. The van der Waals surface area contributed by atoms with Crippen LogP contribution >= 0.6 is 11.6 Å². The Morgan fingerprint density at radius 3 is 2.62 bits per heavy atom. The van der Waals surface area contributed by atoms with E-state index < -0.39 is 0 Å². The average molecular weight is 242 g/mol. The number of carbonyl (C=O) groups is 2. The maximum Gasteiger partial charge on any atom is 0.239 e. The number of Topliss-reactive ketones (excluding diaryl/α,β-unsaturated/α-hetero) is 1. The molecule has 0 bridgehead atoms. The number of ether oxygens (including phenoxy) is 1. The first kappa shape index (κ1) is 12.5. The monoisotopic (exact) mass is 241 g/mol. The van der Waals surface area contributed by atoms with Gasteiger partial charge < -0.3 is 10.1 Å². The van der Waals surface area contributed by atoms with Crippen LogP contribution in [0.15, 0.2) is 18.2 Å². The molecule has 0 atom stereocenters. The molecule has 1 aromatic rings. The number of carbonyl (C=O) groups excluding carboxylic acids is 2. The Morgan fingerprint density at radius 2 is 2.12 bits per heavy atom. The minimum absolute atomic E-state index is 0.132. The molecule has 0 spiro atoms. The van der Waals surface area contributed by atoms with E-state index in [1.54, 1.807) is 18.2 Å². The number of benzene rings is 1. The van der Waals surface area contributed by atoms with Crippen LogP contribution < -0.4 is 10.1 Å². The van der Waals surface area contributed by atoms with Crippen molar-refractivity contribution >= 4 is 29.0 Å². The van der Waals surface area contributed by atoms with E-state index in [-0.39, 0.29) is 17.6 Å². The largest absolute Gasteiger partial charge is 0.497 e. The van der Waals surface area contributed by atoms with Crippen molar-refractivity contribution in [2.75, 3.05) is 18.3 Å². The predicted molar refractivity (Wildman–Crippen MR) is 62.3 cm³/mol. The lowest BCUT2D eigenvalue weighted by Crippen LogP contribution is -2.15. The summed E-state index contributed by atoms with van der Waals surface area (Å²) in [5, 5.41) is 2.54. The minimum atomic E-state index is -0.364. The van der Waals surface area contributed by atoms with Crippen LogP contribution in [0.1, 0.15) is 17.3 Å². The van der Waals surface area contributed by atoms with Crippen LogP contribution in [0.4, 0.5) is 5.69 Å². The lowest BCUT2D eigenvalue weighted by molar-refractivity contribution is -0.113. The van der Waals surface area contributed by atoms with Gasteiger partial charge in [0.2, 0.25) is 5.91 Å². The Morgan fingerprint density at radius 1 is 1.44 bits per heavy atom. The fourth-order valence-corrected chi connectivity index (χ4v) is 1.31. The molecule has 0 aliphatic carbocycles. The molecule has 0 saturated carbocycles. The number of alkyl halides is 1. The second kappa shape index (κ2) is 5.51. The van der Waals surface area contributed by atoms with Gasteiger partial charge in [0.05, 0.1) is 12.8 Å². The molecular formula is C11H12ClNO3. The van der Waals surface area contributed by atoms with Gasteiger partial charge in [-0.1, -0.05) is 0 Å². The molecule has 0 aromatic heterocycles. The van der Waals surface area contributed by atoms with E-state index in [1.165, 1.54) is 14.0 Å². The quantitative estimate of drug-likeness (QED) is 0.649. The van der Waals surface area contributed by atoms with Crippen LogP contribution in [0.3, 0.4) is 0 Å². The Balaban J connectivity index is 3.10. The molecule has 1 N–H and O–H groups in total. The van der Waals surface area contributed by atoms with Gasteiger partial charge in [-0.15, -0.1) is 11.6 Å². The first-order valence-corrected chi connectivity index (χ1v) is 5.16. The van der Waals surface area contributed by atoms with Gasteiger partial charge in [-0.3, -0.25) is 9.59 Å². The van der Waals surface area contributed by atoms with Crippen molar-refractivity contribution in [1.82, 2.24) is 0 Å². The van der Waals surface area contributed by atoms with Crippen molar-refractivity contribution in [3.63, 3.8) is 0 Å². The number of methoxy groups -OCH3 is 1. The molecule has 0 heterocycles. The summed E-state index contributed by atoms with van der Waals surface area (Å²) in [7, 11) is 1.51. The fraction of sp³-hybridized carbons (Fsp3) is 0.273. The first-order valence-electron chi connectivity index (χ1n) is 4.63. The predicted octanol–water partition coefficient (Wildman–Crippen LogP) is 2.08. The summed E-state index contributed by atoms with van der Waals surface area (Å²) in [6, 6.07) is 4.85. The molecule has 0 fully saturated rings. The molecule has 4 nitrogen and oxygen atoms in total. The average Bonchev–Trinajstić information content (AvgIpc) is 2.28. The lowest BCUT2D eigenvalue weighted by atomic mass is 10.1. The summed E-state index contributed by atoms with van der Waals surface area (Å²) in [4.78, 5) is 22.5. The third-order valence-corrected chi connectivity index (χ3v) is 2.24. The smallest absolute Gasteiger partial charge is 0.239 e. The van der Waals surface area contributed by atoms with Crippen LogP contribution in [0.25, 0.3) is 0 Å². The number of hydrogen-bond donors (Lipinski definition) is 1. The number of ketones is 1. The third-order valence-electron chi connectivity index (χ3n) is 2.00. The Bertz CT molecular complexity index is 418. The Labute approximate surface area is 98.5 Å². The summed E-state index contributed by atoms with van der Waals surface area (Å²) < 4.78 is 5.01. The number of amides is 1. The Hall–Kier alpha value is -1.55. The molecule has 0 aliphatic heterocycles. The molecule has 1 aromatic carbocycles. The highest BCUT2D eigenvalue weighted by Gasteiger charge is 2.10. The van der Waals surface area contributed by atoms with Crippen molar-refractivity contribution in [3.8, 4) is 5.75 Å². The van der Waals surface area contributed by atoms with E-state index >= 15 is 0 Å². The van der Waals surface area contributed by atoms with E-state index in [1.807, 2.05) is 0 Å². The van der Waals surface area contributed by atoms with Gasteiger partial charge in [0.25, 0.3) is 0 Å². The molecule has 16 heavy (non-hydrogen) atoms. The van der Waals surface area contributed by atoms with Crippen molar-refractivity contribution in [2.24, 2.45) is 0 Å². The molecule has 0 unspecified atom stereocenters. The normalized spacial score (nSPS) is 9.69. The summed E-state index contributed by atoms with van der Waals surface area (Å²) in [6.07, 6.45) is 0. The van der Waals surface area contributed by atoms with Gasteiger partial charge in [-0.2, -0.15) is 0 Å². The number of rotatable bonds is 4. The topological polar surface area (TPSA) is 55.4 Å². The van der Waals surface area contributed by atoms with Crippen LogP contribution in [0.2, 0.25) is 0 Å². The molecule has 1 rings (SSSR count). The molecular weight excluding hydrogens is 230 g/mol. The van der Waals surface area contributed by atoms with Crippen LogP contribution in [0, 0.1) is 0 Å². The third kappa shape index (κ3) is 2.97. The van der Waals surface area contributed by atoms with Gasteiger partial charge in [-0.25, -0.2) is 0 Å². The van der Waals surface area contributed by atoms with Gasteiger partial charge in [0, 0.05) is 11.6 Å². The zero-order valence-electron chi connectivity index (χ0n) is 9.04. The standard InChI is InChI=1S/C11H12ClNO3/c1-7(14)9-4-3-8(16-2)5-10(9)13-11(15)6-12/h3-5H,6H2,1-2H3,(H,13,15). The second-order valence-electron chi connectivity index (χ2n) is 3.15. The van der Waals surface area contributed by atoms with Crippen LogP contribution in [-0.4, -0.2) is 24.7 Å². The maximum absolute atomic E-state index is 11.3. The van der Waals surface area contributed by atoms with Gasteiger partial charge in [0.15, 0.2) is 5.78 Å². The SMILES string of the molecule is COc1ccc(C(C)=O)c(NC(=O)CCl)c1. The van der Waals surface area contributed by atoms with Crippen molar-refractivity contribution in [3.05, 3.63) is 23.8 Å². The second-order valence-corrected chi connectivity index (χ2v) is 3.42. The molecule has 5 heteroatoms. The summed E-state index contributed by atoms with van der Waals surface area (Å²) >= 11 is 5.38. The van der Waals surface area contributed by atoms with Gasteiger partial charge in [0.1, 0.15) is 11.6 Å². The van der Waals surface area contributed by atoms with E-state index in [9.17, 15) is 9.59 Å². The Kier molecular flexibility index (Phi) is 4.31. The molecule has 0 saturated heterocycles. The molecule has 0 radical (unpaired) electrons. The van der Waals surface area contributed by atoms with Crippen molar-refractivity contribution in [2.45, 2.75) is 6.92 Å². The number of hydrogen-bond acceptors (Lipinski definition) is 3. The molecule has 86 valence electrons. The summed E-state index contributed by atoms with van der Waals surface area (Å²) in [6.45, 7) is 1.43. The minimum Gasteiger partial charge on any atom is -0.497 e. The van der Waals surface area contributed by atoms with Crippen LogP contribution in [-0.2, 0) is 4.79 Å². The van der Waals surface area contributed by atoms with E-state index in [2.05, 4.69) is 5.32 Å². The van der Waals surface area contributed by atoms with Crippen LogP contribution in [0.5, 0.6) is 5.75 Å². The summed E-state index contributed by atoms with van der Waals surface area (Å²) in [5.41, 5.74) is 0.844. The van der Waals surface area contributed by atoms with Gasteiger partial charge >= 0.3 is 0 Å². The summed E-state index contributed by atoms with van der Waals surface area (Å²) in [5.74, 6) is -0.0889. The van der Waals surface area contributed by atoms with E-state index in [0.29, 0.717) is 17.0 Å². The first-order chi connectivity index (χ1) is 7.58. The van der Waals surface area contributed by atoms with E-state index in [4.69, 9.17) is 16.3 Å². The molecule has 0 aliphatic rings.